The summed E-state index contributed by atoms with van der Waals surface area (Å²) in [6.07, 6.45) is 8.01. The molecule has 0 aromatic carbocycles. The van der Waals surface area contributed by atoms with Crippen molar-refractivity contribution in [3.05, 3.63) is 0 Å². The molecule has 3 N–H and O–H groups in total. The van der Waals surface area contributed by atoms with Crippen LogP contribution in [0.3, 0.4) is 0 Å². The predicted molar refractivity (Wildman–Crippen MR) is 87.7 cm³/mol. The maximum absolute atomic E-state index is 11.8. The van der Waals surface area contributed by atoms with Crippen molar-refractivity contribution in [2.75, 3.05) is 26.2 Å². The number of carbonyl (C=O) groups is 1. The molecule has 1 amide bonds. The first-order valence-corrected chi connectivity index (χ1v) is 7.50. The normalized spacial score (nSPS) is 26.4. The number of amides is 1. The molecule has 0 aromatic heterocycles. The lowest BCUT2D eigenvalue weighted by Gasteiger charge is -2.26. The zero-order valence-corrected chi connectivity index (χ0v) is 13.8. The first-order valence-electron chi connectivity index (χ1n) is 7.50. The summed E-state index contributed by atoms with van der Waals surface area (Å²) >= 11 is 0. The summed E-state index contributed by atoms with van der Waals surface area (Å²) in [5.41, 5.74) is 5.98. The van der Waals surface area contributed by atoms with E-state index in [0.29, 0.717) is 12.3 Å². The predicted octanol–water partition coefficient (Wildman–Crippen LogP) is 1.95. The van der Waals surface area contributed by atoms with E-state index < -0.39 is 0 Å². The highest BCUT2D eigenvalue weighted by Gasteiger charge is 2.25. The van der Waals surface area contributed by atoms with Crippen molar-refractivity contribution < 1.29 is 4.79 Å². The number of halogens is 2. The van der Waals surface area contributed by atoms with Gasteiger partial charge in [-0.3, -0.25) is 4.79 Å². The molecule has 2 atom stereocenters. The monoisotopic (exact) mass is 325 g/mol. The van der Waals surface area contributed by atoms with Crippen LogP contribution in [0.5, 0.6) is 0 Å². The summed E-state index contributed by atoms with van der Waals surface area (Å²) < 4.78 is 0. The minimum absolute atomic E-state index is 0. The van der Waals surface area contributed by atoms with E-state index in [1.807, 2.05) is 0 Å². The number of nitrogens with zero attached hydrogens (tertiary/aromatic N) is 1. The minimum atomic E-state index is 0. The van der Waals surface area contributed by atoms with Gasteiger partial charge in [0.05, 0.1) is 0 Å². The van der Waals surface area contributed by atoms with Gasteiger partial charge in [-0.15, -0.1) is 24.8 Å². The lowest BCUT2D eigenvalue weighted by molar-refractivity contribution is -0.122. The van der Waals surface area contributed by atoms with Gasteiger partial charge in [0.25, 0.3) is 0 Å². The van der Waals surface area contributed by atoms with Crippen LogP contribution in [0.25, 0.3) is 0 Å². The number of rotatable bonds is 5. The number of nitrogens with one attached hydrogen (secondary N) is 1. The van der Waals surface area contributed by atoms with E-state index in [1.54, 1.807) is 0 Å². The highest BCUT2D eigenvalue weighted by Crippen LogP contribution is 2.26. The van der Waals surface area contributed by atoms with Crippen LogP contribution in [0.1, 0.15) is 44.9 Å². The second kappa shape index (κ2) is 10.7. The number of carbonyl (C=O) groups excluding carboxylic acids is 1. The van der Waals surface area contributed by atoms with Crippen molar-refractivity contribution in [1.82, 2.24) is 10.2 Å². The Hall–Kier alpha value is -0.0300. The average molecular weight is 326 g/mol. The van der Waals surface area contributed by atoms with E-state index in [1.165, 1.54) is 38.8 Å². The molecule has 1 aliphatic heterocycles. The summed E-state index contributed by atoms with van der Waals surface area (Å²) in [7, 11) is 0. The van der Waals surface area contributed by atoms with Crippen molar-refractivity contribution in [1.29, 1.82) is 0 Å². The van der Waals surface area contributed by atoms with Crippen LogP contribution in [0, 0.1) is 5.92 Å². The highest BCUT2D eigenvalue weighted by molar-refractivity contribution is 5.85. The van der Waals surface area contributed by atoms with Gasteiger partial charge >= 0.3 is 0 Å². The van der Waals surface area contributed by atoms with Crippen LogP contribution in [0.2, 0.25) is 0 Å². The molecule has 1 aliphatic carbocycles. The van der Waals surface area contributed by atoms with Crippen molar-refractivity contribution in [3.63, 3.8) is 0 Å². The molecule has 0 bridgehead atoms. The molecule has 20 heavy (non-hydrogen) atoms. The highest BCUT2D eigenvalue weighted by atomic mass is 35.5. The Labute approximate surface area is 135 Å². The van der Waals surface area contributed by atoms with Gasteiger partial charge in [0.15, 0.2) is 0 Å². The molecule has 120 valence electrons. The molecule has 4 nitrogen and oxygen atoms in total. The van der Waals surface area contributed by atoms with E-state index in [-0.39, 0.29) is 36.8 Å². The number of piperidine rings is 1. The molecule has 1 heterocycles. The fraction of sp³-hybridized carbons (Fsp3) is 0.929. The third-order valence-corrected chi connectivity index (χ3v) is 4.36. The Morgan fingerprint density at radius 2 is 1.80 bits per heavy atom. The number of hydrogen-bond acceptors (Lipinski definition) is 3. The average Bonchev–Trinajstić information content (AvgIpc) is 2.76. The van der Waals surface area contributed by atoms with Crippen LogP contribution < -0.4 is 11.1 Å². The molecule has 1 saturated carbocycles. The molecule has 0 aromatic rings. The van der Waals surface area contributed by atoms with E-state index in [4.69, 9.17) is 5.73 Å². The molecule has 0 radical (unpaired) electrons. The van der Waals surface area contributed by atoms with E-state index in [9.17, 15) is 4.79 Å². The molecule has 0 spiro atoms. The van der Waals surface area contributed by atoms with Gasteiger partial charge in [-0.1, -0.05) is 12.8 Å². The fourth-order valence-corrected chi connectivity index (χ4v) is 3.17. The Bertz CT molecular complexity index is 273. The number of likely N-dealkylation sites (tertiary alicyclic amines) is 1. The largest absolute Gasteiger partial charge is 0.355 e. The topological polar surface area (TPSA) is 58.4 Å². The summed E-state index contributed by atoms with van der Waals surface area (Å²) in [5, 5.41) is 3.04. The third-order valence-electron chi connectivity index (χ3n) is 4.36. The van der Waals surface area contributed by atoms with Gasteiger partial charge in [0, 0.05) is 25.6 Å². The Kier molecular flexibility index (Phi) is 10.6. The van der Waals surface area contributed by atoms with Gasteiger partial charge < -0.3 is 16.0 Å². The maximum Gasteiger partial charge on any atom is 0.220 e. The molecule has 6 heteroatoms. The Morgan fingerprint density at radius 1 is 1.10 bits per heavy atom. The molecular weight excluding hydrogens is 297 g/mol. The van der Waals surface area contributed by atoms with Crippen LogP contribution in [-0.2, 0) is 4.79 Å². The quantitative estimate of drug-likeness (QED) is 0.812. The van der Waals surface area contributed by atoms with Gasteiger partial charge in [-0.2, -0.15) is 0 Å². The standard InChI is InChI=1S/C14H27N3O.2ClH/c15-13-6-4-5-12(13)11-14(18)16-7-10-17-8-2-1-3-9-17;;/h12-13H,1-11,15H2,(H,16,18);2*1H/t12-,13+;;/m0../s1. The maximum atomic E-state index is 11.8. The second-order valence-corrected chi connectivity index (χ2v) is 5.81. The van der Waals surface area contributed by atoms with Gasteiger partial charge in [0.1, 0.15) is 0 Å². The van der Waals surface area contributed by atoms with E-state index in [0.717, 1.165) is 25.9 Å². The summed E-state index contributed by atoms with van der Waals surface area (Å²) in [6, 6.07) is 0.248. The van der Waals surface area contributed by atoms with Crippen LogP contribution >= 0.6 is 24.8 Å². The first kappa shape index (κ1) is 20.0. The zero-order chi connectivity index (χ0) is 12.8. The van der Waals surface area contributed by atoms with Crippen molar-refractivity contribution in [2.24, 2.45) is 11.7 Å². The van der Waals surface area contributed by atoms with Crippen LogP contribution in [-0.4, -0.2) is 43.0 Å². The Morgan fingerprint density at radius 3 is 2.40 bits per heavy atom. The van der Waals surface area contributed by atoms with Crippen LogP contribution in [0.4, 0.5) is 0 Å². The first-order chi connectivity index (χ1) is 8.75. The van der Waals surface area contributed by atoms with Gasteiger partial charge in [-0.25, -0.2) is 0 Å². The molecule has 1 saturated heterocycles. The SMILES string of the molecule is Cl.Cl.N[C@@H]1CCC[C@H]1CC(=O)NCCN1CCCCC1. The molecule has 2 aliphatic rings. The van der Waals surface area contributed by atoms with E-state index >= 15 is 0 Å². The summed E-state index contributed by atoms with van der Waals surface area (Å²) in [5.74, 6) is 0.606. The lowest BCUT2D eigenvalue weighted by Crippen LogP contribution is -2.38. The van der Waals surface area contributed by atoms with Crippen molar-refractivity contribution in [3.8, 4) is 0 Å². The molecule has 0 unspecified atom stereocenters. The van der Waals surface area contributed by atoms with Crippen LogP contribution in [0.15, 0.2) is 0 Å². The van der Waals surface area contributed by atoms with Crippen molar-refractivity contribution in [2.45, 2.75) is 51.0 Å². The van der Waals surface area contributed by atoms with Gasteiger partial charge in [0.2, 0.25) is 5.91 Å². The number of hydrogen-bond donors (Lipinski definition) is 2. The minimum Gasteiger partial charge on any atom is -0.355 e. The smallest absolute Gasteiger partial charge is 0.220 e. The third kappa shape index (κ3) is 6.61. The Balaban J connectivity index is 0.00000180. The summed E-state index contributed by atoms with van der Waals surface area (Å²) in [6.45, 7) is 4.19. The number of nitrogens with two attached hydrogens (primary N) is 1. The molecule has 2 fully saturated rings. The zero-order valence-electron chi connectivity index (χ0n) is 12.2. The molecular formula is C14H29Cl2N3O. The van der Waals surface area contributed by atoms with E-state index in [2.05, 4.69) is 10.2 Å². The fourth-order valence-electron chi connectivity index (χ4n) is 3.17. The lowest BCUT2D eigenvalue weighted by atomic mass is 10.00. The summed E-state index contributed by atoms with van der Waals surface area (Å²) in [4.78, 5) is 14.3. The van der Waals surface area contributed by atoms with Gasteiger partial charge in [-0.05, 0) is 44.7 Å². The van der Waals surface area contributed by atoms with Crippen molar-refractivity contribution >= 4 is 30.7 Å². The molecule has 2 rings (SSSR count). The second-order valence-electron chi connectivity index (χ2n) is 5.81.